The van der Waals surface area contributed by atoms with Crippen molar-refractivity contribution in [1.82, 2.24) is 4.98 Å². The number of rotatable bonds is 1. The molecule has 0 fully saturated rings. The topological polar surface area (TPSA) is 12.9 Å². The van der Waals surface area contributed by atoms with Crippen LogP contribution in [0.4, 0.5) is 26.3 Å². The van der Waals surface area contributed by atoms with Crippen LogP contribution in [-0.4, -0.2) is 4.98 Å². The summed E-state index contributed by atoms with van der Waals surface area (Å²) in [6.45, 7) is 0.948. The summed E-state index contributed by atoms with van der Waals surface area (Å²) in [5.41, 5.74) is -3.21. The molecule has 0 radical (unpaired) electrons. The number of hydrogen-bond acceptors (Lipinski definition) is 1. The van der Waals surface area contributed by atoms with Gasteiger partial charge in [0.2, 0.25) is 5.95 Å². The van der Waals surface area contributed by atoms with Crippen LogP contribution in [0.5, 0.6) is 0 Å². The highest BCUT2D eigenvalue weighted by molar-refractivity contribution is 5.28. The van der Waals surface area contributed by atoms with Crippen molar-refractivity contribution >= 4 is 0 Å². The van der Waals surface area contributed by atoms with E-state index in [0.29, 0.717) is 0 Å². The largest absolute Gasteiger partial charge is 0.433 e. The molecule has 0 aliphatic carbocycles. The van der Waals surface area contributed by atoms with E-state index in [4.69, 9.17) is 0 Å². The van der Waals surface area contributed by atoms with Crippen LogP contribution >= 0.6 is 0 Å². The predicted molar refractivity (Wildman–Crippen MR) is 38.9 cm³/mol. The molecule has 7 heteroatoms. The Bertz CT molecular complexity index is 370. The molecule has 84 valence electrons. The van der Waals surface area contributed by atoms with Gasteiger partial charge in [0, 0.05) is 11.1 Å². The molecule has 1 aromatic rings. The molecule has 0 amide bonds. The summed E-state index contributed by atoms with van der Waals surface area (Å²) in [6, 6.07) is 0.156. The van der Waals surface area contributed by atoms with Gasteiger partial charge in [-0.3, -0.25) is 0 Å². The predicted octanol–water partition coefficient (Wildman–Crippen LogP) is 3.49. The second kappa shape index (κ2) is 3.71. The molecule has 1 nitrogen and oxygen atoms in total. The van der Waals surface area contributed by atoms with Crippen LogP contribution in [0.1, 0.15) is 23.2 Å². The fourth-order valence-corrected chi connectivity index (χ4v) is 0.968. The third-order valence-corrected chi connectivity index (χ3v) is 1.78. The highest BCUT2D eigenvalue weighted by atomic mass is 19.4. The third-order valence-electron chi connectivity index (χ3n) is 1.78. The average molecular weight is 229 g/mol. The summed E-state index contributed by atoms with van der Waals surface area (Å²) < 4.78 is 73.4. The summed E-state index contributed by atoms with van der Waals surface area (Å²) in [7, 11) is 0. The summed E-state index contributed by atoms with van der Waals surface area (Å²) >= 11 is 0. The maximum absolute atomic E-state index is 12.8. The van der Waals surface area contributed by atoms with E-state index < -0.39 is 35.4 Å². The van der Waals surface area contributed by atoms with Gasteiger partial charge in [-0.25, -0.2) is 13.8 Å². The van der Waals surface area contributed by atoms with Gasteiger partial charge in [0.15, 0.2) is 0 Å². The highest BCUT2D eigenvalue weighted by Crippen LogP contribution is 2.32. The molecule has 0 bridgehead atoms. The Morgan fingerprint density at radius 2 is 1.80 bits per heavy atom. The van der Waals surface area contributed by atoms with Crippen LogP contribution in [0.25, 0.3) is 0 Å². The molecule has 0 spiro atoms. The van der Waals surface area contributed by atoms with Crippen molar-refractivity contribution in [3.63, 3.8) is 0 Å². The van der Waals surface area contributed by atoms with E-state index in [1.165, 1.54) is 0 Å². The highest BCUT2D eigenvalue weighted by Gasteiger charge is 2.34. The number of halogens is 6. The minimum Gasteiger partial charge on any atom is -0.215 e. The van der Waals surface area contributed by atoms with Crippen LogP contribution < -0.4 is 0 Å². The van der Waals surface area contributed by atoms with E-state index in [-0.39, 0.29) is 6.07 Å². The molecule has 1 aromatic heterocycles. The molecule has 1 heterocycles. The second-order valence-corrected chi connectivity index (χ2v) is 2.81. The lowest BCUT2D eigenvalue weighted by Crippen LogP contribution is -2.11. The number of alkyl halides is 5. The minimum absolute atomic E-state index is 0.156. The Morgan fingerprint density at radius 3 is 2.20 bits per heavy atom. The zero-order valence-corrected chi connectivity index (χ0v) is 7.37. The first-order chi connectivity index (χ1) is 6.73. The SMILES string of the molecule is Cc1c(C(F)F)cc(C(F)(F)F)nc1F. The van der Waals surface area contributed by atoms with Gasteiger partial charge in [0.1, 0.15) is 5.69 Å². The molecule has 0 aliphatic rings. The lowest BCUT2D eigenvalue weighted by molar-refractivity contribution is -0.141. The average Bonchev–Trinajstić information content (AvgIpc) is 2.06. The first-order valence-corrected chi connectivity index (χ1v) is 3.76. The van der Waals surface area contributed by atoms with Crippen molar-refractivity contribution in [1.29, 1.82) is 0 Å². The Morgan fingerprint density at radius 1 is 1.27 bits per heavy atom. The maximum Gasteiger partial charge on any atom is 0.433 e. The molecule has 0 saturated heterocycles. The number of nitrogens with zero attached hydrogens (tertiary/aromatic N) is 1. The normalized spacial score (nSPS) is 12.3. The smallest absolute Gasteiger partial charge is 0.215 e. The van der Waals surface area contributed by atoms with Gasteiger partial charge in [0.25, 0.3) is 6.43 Å². The van der Waals surface area contributed by atoms with Gasteiger partial charge in [0.05, 0.1) is 0 Å². The van der Waals surface area contributed by atoms with E-state index in [2.05, 4.69) is 4.98 Å². The molecular formula is C8H5F6N. The molecule has 0 saturated carbocycles. The summed E-state index contributed by atoms with van der Waals surface area (Å²) in [4.78, 5) is 2.56. The fraction of sp³-hybridized carbons (Fsp3) is 0.375. The van der Waals surface area contributed by atoms with Gasteiger partial charge < -0.3 is 0 Å². The quantitative estimate of drug-likeness (QED) is 0.530. The van der Waals surface area contributed by atoms with Crippen molar-refractivity contribution in [3.05, 3.63) is 28.8 Å². The van der Waals surface area contributed by atoms with Crippen LogP contribution in [0.3, 0.4) is 0 Å². The third kappa shape index (κ3) is 2.40. The van der Waals surface area contributed by atoms with Crippen molar-refractivity contribution in [2.75, 3.05) is 0 Å². The molecule has 15 heavy (non-hydrogen) atoms. The van der Waals surface area contributed by atoms with Gasteiger partial charge in [-0.05, 0) is 13.0 Å². The number of aromatic nitrogens is 1. The van der Waals surface area contributed by atoms with E-state index in [1.54, 1.807) is 0 Å². The summed E-state index contributed by atoms with van der Waals surface area (Å²) in [5, 5.41) is 0. The molecular weight excluding hydrogens is 224 g/mol. The van der Waals surface area contributed by atoms with Crippen LogP contribution in [0.2, 0.25) is 0 Å². The monoisotopic (exact) mass is 229 g/mol. The lowest BCUT2D eigenvalue weighted by Gasteiger charge is -2.10. The standard InChI is InChI=1S/C8H5F6N/c1-3-4(6(9)10)2-5(8(12,13)14)15-7(3)11/h2,6H,1H3. The number of hydrogen-bond donors (Lipinski definition) is 0. The summed E-state index contributed by atoms with van der Waals surface area (Å²) in [6.07, 6.45) is -8.10. The van der Waals surface area contributed by atoms with Gasteiger partial charge in [-0.15, -0.1) is 0 Å². The zero-order valence-electron chi connectivity index (χ0n) is 7.37. The van der Waals surface area contributed by atoms with Crippen LogP contribution in [0, 0.1) is 12.9 Å². The Balaban J connectivity index is 3.36. The lowest BCUT2D eigenvalue weighted by atomic mass is 10.1. The van der Waals surface area contributed by atoms with Gasteiger partial charge in [-0.1, -0.05) is 0 Å². The second-order valence-electron chi connectivity index (χ2n) is 2.81. The van der Waals surface area contributed by atoms with Crippen LogP contribution in [-0.2, 0) is 6.18 Å². The molecule has 0 unspecified atom stereocenters. The maximum atomic E-state index is 12.8. The first kappa shape index (κ1) is 11.8. The summed E-state index contributed by atoms with van der Waals surface area (Å²) in [5.74, 6) is -1.53. The van der Waals surface area contributed by atoms with Crippen molar-refractivity contribution < 1.29 is 26.3 Å². The molecule has 0 atom stereocenters. The van der Waals surface area contributed by atoms with Gasteiger partial charge >= 0.3 is 6.18 Å². The molecule has 0 N–H and O–H groups in total. The number of pyridine rings is 1. The van der Waals surface area contributed by atoms with Crippen molar-refractivity contribution in [3.8, 4) is 0 Å². The first-order valence-electron chi connectivity index (χ1n) is 3.76. The Hall–Kier alpha value is -1.27. The van der Waals surface area contributed by atoms with Crippen molar-refractivity contribution in [2.45, 2.75) is 19.5 Å². The van der Waals surface area contributed by atoms with E-state index in [9.17, 15) is 26.3 Å². The van der Waals surface area contributed by atoms with Crippen LogP contribution in [0.15, 0.2) is 6.07 Å². The Kier molecular flexibility index (Phi) is 2.92. The zero-order chi connectivity index (χ0) is 11.8. The van der Waals surface area contributed by atoms with E-state index >= 15 is 0 Å². The molecule has 0 aliphatic heterocycles. The Labute approximate surface area is 80.7 Å². The fourth-order valence-electron chi connectivity index (χ4n) is 0.968. The van der Waals surface area contributed by atoms with Gasteiger partial charge in [-0.2, -0.15) is 17.6 Å². The molecule has 0 aromatic carbocycles. The van der Waals surface area contributed by atoms with E-state index in [0.717, 1.165) is 6.92 Å². The van der Waals surface area contributed by atoms with Crippen molar-refractivity contribution in [2.24, 2.45) is 0 Å². The van der Waals surface area contributed by atoms with E-state index in [1.807, 2.05) is 0 Å². The minimum atomic E-state index is -4.93. The molecule has 1 rings (SSSR count).